The van der Waals surface area contributed by atoms with Gasteiger partial charge in [-0.3, -0.25) is 4.68 Å². The molecule has 0 unspecified atom stereocenters. The second kappa shape index (κ2) is 3.87. The molecule has 1 aromatic carbocycles. The predicted molar refractivity (Wildman–Crippen MR) is 72.1 cm³/mol. The molecule has 0 saturated carbocycles. The highest BCUT2D eigenvalue weighted by molar-refractivity contribution is 5.89. The summed E-state index contributed by atoms with van der Waals surface area (Å²) in [5.74, 6) is 0.827. The van der Waals surface area contributed by atoms with E-state index in [9.17, 15) is 0 Å². The number of anilines is 1. The number of aromatic amines is 1. The standard InChI is InChI=1S/C13H15N5/c1-3-10-8(7-18(2)17-10)13-15-11-6-4-5-9(14)12(11)16-13/h4-7H,3,14H2,1-2H3,(H,15,16). The second-order valence-corrected chi connectivity index (χ2v) is 4.35. The van der Waals surface area contributed by atoms with E-state index >= 15 is 0 Å². The molecule has 92 valence electrons. The third kappa shape index (κ3) is 1.55. The van der Waals surface area contributed by atoms with Crippen LogP contribution in [-0.2, 0) is 13.5 Å². The molecule has 0 spiro atoms. The first-order chi connectivity index (χ1) is 8.69. The molecule has 3 N–H and O–H groups in total. The van der Waals surface area contributed by atoms with Gasteiger partial charge in [0, 0.05) is 13.2 Å². The fourth-order valence-electron chi connectivity index (χ4n) is 2.18. The summed E-state index contributed by atoms with van der Waals surface area (Å²) in [6.07, 6.45) is 2.86. The molecule has 0 aliphatic heterocycles. The largest absolute Gasteiger partial charge is 0.397 e. The molecule has 5 heteroatoms. The number of nitrogen functional groups attached to an aromatic ring is 1. The van der Waals surface area contributed by atoms with Gasteiger partial charge in [0.25, 0.3) is 0 Å². The van der Waals surface area contributed by atoms with Gasteiger partial charge in [-0.15, -0.1) is 0 Å². The fraction of sp³-hybridized carbons (Fsp3) is 0.231. The van der Waals surface area contributed by atoms with Crippen LogP contribution in [0.2, 0.25) is 0 Å². The summed E-state index contributed by atoms with van der Waals surface area (Å²) in [4.78, 5) is 7.87. The lowest BCUT2D eigenvalue weighted by Gasteiger charge is -1.93. The highest BCUT2D eigenvalue weighted by atomic mass is 15.3. The molecule has 5 nitrogen and oxygen atoms in total. The Kier molecular flexibility index (Phi) is 2.33. The maximum Gasteiger partial charge on any atom is 0.142 e. The Morgan fingerprint density at radius 2 is 2.22 bits per heavy atom. The van der Waals surface area contributed by atoms with Gasteiger partial charge in [0.15, 0.2) is 0 Å². The minimum absolute atomic E-state index is 0.692. The highest BCUT2D eigenvalue weighted by Crippen LogP contribution is 2.25. The van der Waals surface area contributed by atoms with Crippen molar-refractivity contribution in [2.75, 3.05) is 5.73 Å². The van der Waals surface area contributed by atoms with Gasteiger partial charge in [0.1, 0.15) is 11.3 Å². The van der Waals surface area contributed by atoms with E-state index in [-0.39, 0.29) is 0 Å². The first-order valence-electron chi connectivity index (χ1n) is 5.96. The van der Waals surface area contributed by atoms with E-state index in [2.05, 4.69) is 22.0 Å². The van der Waals surface area contributed by atoms with Crippen molar-refractivity contribution in [3.63, 3.8) is 0 Å². The summed E-state index contributed by atoms with van der Waals surface area (Å²) >= 11 is 0. The van der Waals surface area contributed by atoms with Crippen LogP contribution >= 0.6 is 0 Å². The SMILES string of the molecule is CCc1nn(C)cc1-c1nc2c(N)cccc2[nH]1. The Morgan fingerprint density at radius 3 is 2.94 bits per heavy atom. The van der Waals surface area contributed by atoms with Gasteiger partial charge in [-0.25, -0.2) is 4.98 Å². The van der Waals surface area contributed by atoms with E-state index in [0.717, 1.165) is 34.5 Å². The molecule has 0 atom stereocenters. The zero-order valence-electron chi connectivity index (χ0n) is 10.4. The third-order valence-electron chi connectivity index (χ3n) is 3.04. The van der Waals surface area contributed by atoms with E-state index in [0.29, 0.717) is 5.69 Å². The van der Waals surface area contributed by atoms with Crippen molar-refractivity contribution in [1.29, 1.82) is 0 Å². The normalized spacial score (nSPS) is 11.2. The number of nitrogens with zero attached hydrogens (tertiary/aromatic N) is 3. The quantitative estimate of drug-likeness (QED) is 0.675. The molecule has 0 saturated heterocycles. The summed E-state index contributed by atoms with van der Waals surface area (Å²) < 4.78 is 1.81. The van der Waals surface area contributed by atoms with Gasteiger partial charge in [-0.1, -0.05) is 13.0 Å². The monoisotopic (exact) mass is 241 g/mol. The lowest BCUT2D eigenvalue weighted by atomic mass is 10.2. The molecule has 0 amide bonds. The van der Waals surface area contributed by atoms with Crippen molar-refractivity contribution in [2.24, 2.45) is 7.05 Å². The Balaban J connectivity index is 2.22. The van der Waals surface area contributed by atoms with Crippen LogP contribution in [0.1, 0.15) is 12.6 Å². The zero-order chi connectivity index (χ0) is 12.7. The van der Waals surface area contributed by atoms with Crippen molar-refractivity contribution in [1.82, 2.24) is 19.7 Å². The molecule has 0 aliphatic rings. The zero-order valence-corrected chi connectivity index (χ0v) is 10.4. The van der Waals surface area contributed by atoms with Crippen molar-refractivity contribution in [2.45, 2.75) is 13.3 Å². The Hall–Kier alpha value is -2.30. The maximum atomic E-state index is 5.92. The van der Waals surface area contributed by atoms with E-state index < -0.39 is 0 Å². The van der Waals surface area contributed by atoms with Crippen molar-refractivity contribution in [3.05, 3.63) is 30.1 Å². The predicted octanol–water partition coefficient (Wildman–Crippen LogP) is 2.11. The lowest BCUT2D eigenvalue weighted by molar-refractivity contribution is 0.746. The van der Waals surface area contributed by atoms with E-state index in [1.54, 1.807) is 0 Å². The molecule has 3 rings (SSSR count). The van der Waals surface area contributed by atoms with Crippen LogP contribution < -0.4 is 5.73 Å². The number of hydrogen-bond acceptors (Lipinski definition) is 3. The van der Waals surface area contributed by atoms with E-state index in [1.807, 2.05) is 36.1 Å². The first-order valence-corrected chi connectivity index (χ1v) is 5.96. The van der Waals surface area contributed by atoms with E-state index in [1.165, 1.54) is 0 Å². The minimum atomic E-state index is 0.692. The van der Waals surface area contributed by atoms with Gasteiger partial charge in [0.2, 0.25) is 0 Å². The van der Waals surface area contributed by atoms with Crippen LogP contribution in [0.25, 0.3) is 22.4 Å². The van der Waals surface area contributed by atoms with E-state index in [4.69, 9.17) is 5.73 Å². The fourth-order valence-corrected chi connectivity index (χ4v) is 2.18. The number of nitrogens with two attached hydrogens (primary N) is 1. The maximum absolute atomic E-state index is 5.92. The summed E-state index contributed by atoms with van der Waals surface area (Å²) in [6.45, 7) is 2.09. The number of para-hydroxylation sites is 1. The van der Waals surface area contributed by atoms with Crippen LogP contribution in [0, 0.1) is 0 Å². The van der Waals surface area contributed by atoms with Gasteiger partial charge in [-0.05, 0) is 18.6 Å². The van der Waals surface area contributed by atoms with Crippen LogP contribution in [0.3, 0.4) is 0 Å². The number of benzene rings is 1. The Morgan fingerprint density at radius 1 is 1.39 bits per heavy atom. The Bertz CT molecular complexity index is 707. The Labute approximate surface area is 105 Å². The molecule has 2 heterocycles. The number of nitrogens with one attached hydrogen (secondary N) is 1. The number of rotatable bonds is 2. The summed E-state index contributed by atoms with van der Waals surface area (Å²) in [5.41, 5.74) is 10.5. The number of fused-ring (bicyclic) bond motifs is 1. The van der Waals surface area contributed by atoms with Gasteiger partial charge >= 0.3 is 0 Å². The molecule has 2 aromatic heterocycles. The number of hydrogen-bond donors (Lipinski definition) is 2. The molecular formula is C13H15N5. The highest BCUT2D eigenvalue weighted by Gasteiger charge is 2.13. The summed E-state index contributed by atoms with van der Waals surface area (Å²) in [7, 11) is 1.92. The van der Waals surface area contributed by atoms with Gasteiger partial charge in [0.05, 0.1) is 22.5 Å². The molecule has 0 bridgehead atoms. The van der Waals surface area contributed by atoms with Gasteiger partial charge < -0.3 is 10.7 Å². The number of aryl methyl sites for hydroxylation is 2. The smallest absolute Gasteiger partial charge is 0.142 e. The average molecular weight is 241 g/mol. The molecule has 18 heavy (non-hydrogen) atoms. The second-order valence-electron chi connectivity index (χ2n) is 4.35. The first kappa shape index (κ1) is 10.8. The molecule has 0 aliphatic carbocycles. The molecule has 3 aromatic rings. The van der Waals surface area contributed by atoms with Crippen LogP contribution in [0.5, 0.6) is 0 Å². The van der Waals surface area contributed by atoms with Crippen LogP contribution in [0.4, 0.5) is 5.69 Å². The number of aromatic nitrogens is 4. The number of imidazole rings is 1. The van der Waals surface area contributed by atoms with Crippen molar-refractivity contribution >= 4 is 16.7 Å². The van der Waals surface area contributed by atoms with Crippen molar-refractivity contribution in [3.8, 4) is 11.4 Å². The lowest BCUT2D eigenvalue weighted by Crippen LogP contribution is -1.89. The average Bonchev–Trinajstić information content (AvgIpc) is 2.92. The van der Waals surface area contributed by atoms with Crippen molar-refractivity contribution < 1.29 is 0 Å². The molecular weight excluding hydrogens is 226 g/mol. The van der Waals surface area contributed by atoms with Gasteiger partial charge in [-0.2, -0.15) is 5.10 Å². The third-order valence-corrected chi connectivity index (χ3v) is 3.04. The summed E-state index contributed by atoms with van der Waals surface area (Å²) in [6, 6.07) is 5.75. The summed E-state index contributed by atoms with van der Waals surface area (Å²) in [5, 5.41) is 4.42. The molecule has 0 radical (unpaired) electrons. The molecule has 0 fully saturated rings. The topological polar surface area (TPSA) is 72.5 Å². The minimum Gasteiger partial charge on any atom is -0.397 e. The number of H-pyrrole nitrogens is 1. The van der Waals surface area contributed by atoms with Crippen LogP contribution in [-0.4, -0.2) is 19.7 Å². The van der Waals surface area contributed by atoms with Crippen LogP contribution in [0.15, 0.2) is 24.4 Å².